The highest BCUT2D eigenvalue weighted by molar-refractivity contribution is 5.76. The Balaban J connectivity index is 3.25. The molecule has 1 aliphatic rings. The molecule has 1 aliphatic heterocycles. The Morgan fingerprint density at radius 1 is 0.396 bits per heavy atom. The monoisotopic (exact) mass is 684 g/mol. The van der Waals surface area contributed by atoms with E-state index in [-0.39, 0.29) is 130 Å². The molecule has 4 N–H and O–H groups in total. The molecule has 0 aliphatic carbocycles. The van der Waals surface area contributed by atoms with Gasteiger partial charge in [0.15, 0.2) is 0 Å². The van der Waals surface area contributed by atoms with Gasteiger partial charge in [0.2, 0.25) is 0 Å². The van der Waals surface area contributed by atoms with Crippen molar-refractivity contribution in [2.24, 2.45) is 20.0 Å². The average Bonchev–Trinajstić information content (AvgIpc) is 2.97. The molecule has 20 heteroatoms. The maximum atomic E-state index is 12.5. The van der Waals surface area contributed by atoms with Crippen LogP contribution in [0.5, 0.6) is 0 Å². The van der Waals surface area contributed by atoms with Gasteiger partial charge in [0, 0.05) is 105 Å². The van der Waals surface area contributed by atoms with E-state index in [0.29, 0.717) is 0 Å². The number of aliphatic imine (C=N–C) groups is 4. The highest BCUT2D eigenvalue weighted by Crippen LogP contribution is 2.02. The molecule has 0 aromatic carbocycles. The normalized spacial score (nSPS) is 17.8. The van der Waals surface area contributed by atoms with E-state index in [9.17, 15) is 39.6 Å². The van der Waals surface area contributed by atoms with Crippen LogP contribution in [0, 0.1) is 0 Å². The number of rotatable bonds is 20. The van der Waals surface area contributed by atoms with Gasteiger partial charge in [-0.3, -0.25) is 38.8 Å². The van der Waals surface area contributed by atoms with Crippen LogP contribution in [0.2, 0.25) is 0 Å². The van der Waals surface area contributed by atoms with Crippen molar-refractivity contribution in [3.63, 3.8) is 0 Å². The van der Waals surface area contributed by atoms with Gasteiger partial charge < -0.3 is 60.8 Å². The first-order chi connectivity index (χ1) is 22.7. The van der Waals surface area contributed by atoms with E-state index in [4.69, 9.17) is 20.4 Å². The Hall–Kier alpha value is -4.40. The Bertz CT molecular complexity index is 971. The van der Waals surface area contributed by atoms with E-state index in [1.807, 2.05) is 0 Å². The summed E-state index contributed by atoms with van der Waals surface area (Å²) in [6.45, 7) is 0.379. The zero-order valence-corrected chi connectivity index (χ0v) is 26.8. The molecule has 0 atom stereocenters. The fraction of sp³-hybridized carbons (Fsp3) is 0.714. The van der Waals surface area contributed by atoms with Gasteiger partial charge in [-0.05, 0) is 23.6 Å². The lowest BCUT2D eigenvalue weighted by Crippen LogP contribution is -2.51. The number of carboxylic acids is 4. The predicted molar refractivity (Wildman–Crippen MR) is 164 cm³/mol. The van der Waals surface area contributed by atoms with Crippen LogP contribution in [0.1, 0.15) is 25.7 Å². The van der Waals surface area contributed by atoms with Gasteiger partial charge in [-0.2, -0.15) is 0 Å². The van der Waals surface area contributed by atoms with Crippen molar-refractivity contribution >= 4 is 47.5 Å². The first-order valence-corrected chi connectivity index (χ1v) is 15.3. The predicted octanol–water partition coefficient (Wildman–Crippen LogP) is -5.86. The van der Waals surface area contributed by atoms with Crippen LogP contribution in [-0.4, -0.2) is 192 Å². The molecule has 1 rings (SSSR count). The number of nitrogens with zero attached hydrogens (tertiary/aromatic N) is 8. The second kappa shape index (κ2) is 23.8. The first kappa shape index (κ1) is 41.6. The molecule has 0 spiro atoms. The molecule has 272 valence electrons. The van der Waals surface area contributed by atoms with E-state index in [1.165, 1.54) is 0 Å². The zero-order chi connectivity index (χ0) is 35.9. The van der Waals surface area contributed by atoms with E-state index in [2.05, 4.69) is 20.0 Å². The minimum atomic E-state index is -1.11. The highest BCUT2D eigenvalue weighted by Gasteiger charge is 2.17. The molecule has 1 saturated heterocycles. The number of aliphatic carboxylic acids is 4. The fourth-order valence-corrected chi connectivity index (χ4v) is 4.28. The summed E-state index contributed by atoms with van der Waals surface area (Å²) in [4.78, 5) is 65.3. The van der Waals surface area contributed by atoms with Gasteiger partial charge in [-0.1, -0.05) is 0 Å². The molecule has 0 radical (unpaired) electrons. The summed E-state index contributed by atoms with van der Waals surface area (Å²) in [5.74, 6) is -6.66. The van der Waals surface area contributed by atoms with Crippen LogP contribution < -0.4 is 20.4 Å². The van der Waals surface area contributed by atoms with E-state index in [1.54, 1.807) is 19.6 Å². The number of carbonyl (C=O) groups is 4. The van der Waals surface area contributed by atoms with Crippen LogP contribution in [0.25, 0.3) is 0 Å². The smallest absolute Gasteiger partial charge is 0.305 e. The fourth-order valence-electron chi connectivity index (χ4n) is 4.28. The van der Waals surface area contributed by atoms with Crippen LogP contribution in [-0.2, 0) is 19.2 Å². The molecule has 0 saturated carbocycles. The van der Waals surface area contributed by atoms with Crippen molar-refractivity contribution in [1.82, 2.24) is 19.6 Å². The van der Waals surface area contributed by atoms with Gasteiger partial charge in [0.1, 0.15) is 0 Å². The van der Waals surface area contributed by atoms with Crippen molar-refractivity contribution in [2.75, 3.05) is 105 Å². The van der Waals surface area contributed by atoms with E-state index in [0.717, 1.165) is 0 Å². The van der Waals surface area contributed by atoms with Crippen LogP contribution in [0.4, 0.5) is 0 Å². The van der Waals surface area contributed by atoms with Gasteiger partial charge in [-0.25, -0.2) is 0 Å². The molecule has 0 aromatic rings. The van der Waals surface area contributed by atoms with Crippen molar-refractivity contribution in [3.05, 3.63) is 0 Å². The Morgan fingerprint density at radius 2 is 0.562 bits per heavy atom. The lowest BCUT2D eigenvalue weighted by atomic mass is 10.3. The quantitative estimate of drug-likeness (QED) is 0.0685. The number of hydrogen-bond donors (Lipinski definition) is 4. The average molecular weight is 685 g/mol. The second-order valence-electron chi connectivity index (χ2n) is 10.8. The summed E-state index contributed by atoms with van der Waals surface area (Å²) >= 11 is 0. The minimum absolute atomic E-state index is 0.173. The third-order valence-corrected chi connectivity index (χ3v) is 6.82. The molecule has 1 fully saturated rings. The van der Waals surface area contributed by atoms with Crippen LogP contribution in [0.15, 0.2) is 20.0 Å². The zero-order valence-electron chi connectivity index (χ0n) is 26.8. The summed E-state index contributed by atoms with van der Waals surface area (Å²) in [6.07, 6.45) is -1.28. The lowest BCUT2D eigenvalue weighted by molar-refractivity contribution is -0.222. The topological polar surface area (TPSA) is 304 Å². The van der Waals surface area contributed by atoms with Crippen molar-refractivity contribution in [1.29, 1.82) is 0 Å². The Kier molecular flexibility index (Phi) is 20.7. The van der Waals surface area contributed by atoms with Gasteiger partial charge in [0.05, 0.1) is 25.7 Å². The Labute approximate surface area is 277 Å². The standard InChI is InChI=1S/C28H48N8O12/c37-21(29-5-1-25(41)42)17-33-9-11-34(18-22(38)30-6-2-26(43)44)13-15-36(20-24(40)32-8-4-28(47)48)16-14-35(12-10-33)19-23(39)31-7-3-27(45)46/h1-20H2,(H,29,37)(H,30,38)(H,31,39)(H,32,40)(H,41,42)(H,43,44)(H,45,46)(H,47,48)/p-4. The summed E-state index contributed by atoms with van der Waals surface area (Å²) in [5.41, 5.74) is 0. The molecule has 0 unspecified atom stereocenters. The van der Waals surface area contributed by atoms with Crippen LogP contribution >= 0.6 is 0 Å². The summed E-state index contributed by atoms with van der Waals surface area (Å²) in [5, 5.41) is 85.6. The number of hydrogen-bond acceptors (Lipinski definition) is 16. The lowest BCUT2D eigenvalue weighted by Gasteiger charge is -2.36. The summed E-state index contributed by atoms with van der Waals surface area (Å²) in [6, 6.07) is 0. The molecular formula is C28H44N8O12-4. The minimum Gasteiger partial charge on any atom is -0.861 e. The SMILES string of the molecule is O=C(O)CCN=C([O-])CN1CCN(CC([O-])=NCCC(=O)O)CCN(CC([O-])=NCCC(=O)O)CCN(CC([O-])=NCCC(=O)O)CC1. The molecule has 20 nitrogen and oxygen atoms in total. The second-order valence-corrected chi connectivity index (χ2v) is 10.8. The first-order valence-electron chi connectivity index (χ1n) is 15.3. The largest absolute Gasteiger partial charge is 0.861 e. The van der Waals surface area contributed by atoms with Gasteiger partial charge in [0.25, 0.3) is 0 Å². The van der Waals surface area contributed by atoms with Gasteiger partial charge >= 0.3 is 23.9 Å². The third-order valence-electron chi connectivity index (χ3n) is 6.82. The summed E-state index contributed by atoms with van der Waals surface area (Å²) < 4.78 is 0. The van der Waals surface area contributed by atoms with Crippen molar-refractivity contribution in [2.45, 2.75) is 25.7 Å². The molecule has 1 heterocycles. The van der Waals surface area contributed by atoms with E-state index >= 15 is 0 Å². The maximum Gasteiger partial charge on any atom is 0.305 e. The van der Waals surface area contributed by atoms with E-state index < -0.39 is 47.5 Å². The highest BCUT2D eigenvalue weighted by atomic mass is 16.4. The van der Waals surface area contributed by atoms with Gasteiger partial charge in [-0.15, -0.1) is 0 Å². The number of carboxylic acid groups (broad SMARTS) is 4. The molecule has 0 amide bonds. The van der Waals surface area contributed by atoms with Crippen LogP contribution in [0.3, 0.4) is 0 Å². The molecule has 0 bridgehead atoms. The van der Waals surface area contributed by atoms with Crippen molar-refractivity contribution < 1.29 is 60.0 Å². The Morgan fingerprint density at radius 3 is 0.708 bits per heavy atom. The summed E-state index contributed by atoms with van der Waals surface area (Å²) in [7, 11) is 0. The van der Waals surface area contributed by atoms with Crippen molar-refractivity contribution in [3.8, 4) is 0 Å². The third kappa shape index (κ3) is 22.2. The molecule has 0 aromatic heterocycles. The maximum absolute atomic E-state index is 12.5. The molecule has 48 heavy (non-hydrogen) atoms. The molecular weight excluding hydrogens is 640 g/mol.